The van der Waals surface area contributed by atoms with E-state index in [2.05, 4.69) is 9.97 Å². The zero-order valence-electron chi connectivity index (χ0n) is 13.4. The molecule has 3 aromatic rings. The first kappa shape index (κ1) is 16.4. The number of aryl methyl sites for hydroxylation is 1. The van der Waals surface area contributed by atoms with Gasteiger partial charge in [0, 0.05) is 18.7 Å². The van der Waals surface area contributed by atoms with Gasteiger partial charge in [-0.3, -0.25) is 9.36 Å². The van der Waals surface area contributed by atoms with Crippen molar-refractivity contribution in [3.63, 3.8) is 0 Å². The van der Waals surface area contributed by atoms with Crippen LogP contribution in [-0.4, -0.2) is 19.5 Å². The average Bonchev–Trinajstić information content (AvgIpc) is 2.60. The highest BCUT2D eigenvalue weighted by Crippen LogP contribution is 2.29. The van der Waals surface area contributed by atoms with E-state index in [0.29, 0.717) is 17.0 Å². The summed E-state index contributed by atoms with van der Waals surface area (Å²) in [4.78, 5) is 31.2. The monoisotopic (exact) mass is 340 g/mol. The van der Waals surface area contributed by atoms with Crippen molar-refractivity contribution in [2.45, 2.75) is 6.92 Å². The summed E-state index contributed by atoms with van der Waals surface area (Å²) in [6.07, 6.45) is 1.29. The number of aromatic nitrogens is 3. The highest BCUT2D eigenvalue weighted by Gasteiger charge is 2.19. The van der Waals surface area contributed by atoms with Gasteiger partial charge in [-0.15, -0.1) is 0 Å². The molecule has 126 valence electrons. The minimum absolute atomic E-state index is 0.244. The Kier molecular flexibility index (Phi) is 4.10. The number of nitro groups is 1. The number of nitrogens with zero attached hydrogens (tertiary/aromatic N) is 4. The van der Waals surface area contributed by atoms with E-state index in [0.717, 1.165) is 0 Å². The third kappa shape index (κ3) is 3.01. The molecule has 1 aromatic carbocycles. The van der Waals surface area contributed by atoms with Gasteiger partial charge in [0.25, 0.3) is 5.56 Å². The van der Waals surface area contributed by atoms with E-state index in [1.807, 2.05) is 0 Å². The summed E-state index contributed by atoms with van der Waals surface area (Å²) in [6, 6.07) is 8.24. The molecule has 0 atom stereocenters. The second kappa shape index (κ2) is 6.23. The summed E-state index contributed by atoms with van der Waals surface area (Å²) < 4.78 is 14.6. The van der Waals surface area contributed by atoms with Crippen LogP contribution in [0.1, 0.15) is 5.82 Å². The highest BCUT2D eigenvalue weighted by atomic mass is 19.1. The summed E-state index contributed by atoms with van der Waals surface area (Å²) in [5, 5.41) is 11.0. The van der Waals surface area contributed by atoms with Crippen LogP contribution in [0.4, 0.5) is 10.2 Å². The molecule has 0 saturated heterocycles. The predicted octanol–water partition coefficient (Wildman–Crippen LogP) is 2.87. The Bertz CT molecular complexity index is 1030. The molecular weight excluding hydrogens is 327 g/mol. The quantitative estimate of drug-likeness (QED) is 0.540. The molecule has 0 aliphatic carbocycles. The van der Waals surface area contributed by atoms with Gasteiger partial charge in [0.15, 0.2) is 0 Å². The van der Waals surface area contributed by atoms with E-state index in [1.165, 1.54) is 41.1 Å². The van der Waals surface area contributed by atoms with Gasteiger partial charge in [-0.05, 0) is 40.6 Å². The molecule has 8 heteroatoms. The SMILES string of the molecule is Cc1nc(-c2ccnc([N+](=O)[O-])c2)c(-c2ccc(F)cc2)c(=O)n1C. The van der Waals surface area contributed by atoms with Crippen molar-refractivity contribution in [1.29, 1.82) is 0 Å². The lowest BCUT2D eigenvalue weighted by Gasteiger charge is -2.12. The third-order valence-electron chi connectivity index (χ3n) is 3.85. The van der Waals surface area contributed by atoms with E-state index in [4.69, 9.17) is 0 Å². The topological polar surface area (TPSA) is 90.9 Å². The molecule has 3 rings (SSSR count). The number of halogens is 1. The molecule has 0 bridgehead atoms. The molecule has 0 aliphatic rings. The molecule has 0 unspecified atom stereocenters. The largest absolute Gasteiger partial charge is 0.364 e. The lowest BCUT2D eigenvalue weighted by molar-refractivity contribution is -0.389. The van der Waals surface area contributed by atoms with Crippen LogP contribution in [0.15, 0.2) is 47.4 Å². The molecular formula is C17H13FN4O3. The van der Waals surface area contributed by atoms with Crippen molar-refractivity contribution in [2.75, 3.05) is 0 Å². The summed E-state index contributed by atoms with van der Waals surface area (Å²) >= 11 is 0. The molecule has 0 spiro atoms. The lowest BCUT2D eigenvalue weighted by atomic mass is 10.0. The van der Waals surface area contributed by atoms with Gasteiger partial charge in [0.05, 0.1) is 11.3 Å². The minimum atomic E-state index is -0.616. The molecule has 2 aromatic heterocycles. The van der Waals surface area contributed by atoms with Crippen molar-refractivity contribution in [3.8, 4) is 22.4 Å². The number of rotatable bonds is 3. The molecule has 0 amide bonds. The number of hydrogen-bond acceptors (Lipinski definition) is 5. The van der Waals surface area contributed by atoms with Crippen molar-refractivity contribution in [3.05, 3.63) is 74.7 Å². The van der Waals surface area contributed by atoms with E-state index < -0.39 is 10.7 Å². The first-order valence-corrected chi connectivity index (χ1v) is 7.33. The average molecular weight is 340 g/mol. The summed E-state index contributed by atoms with van der Waals surface area (Å²) in [5.41, 5.74) is 1.07. The van der Waals surface area contributed by atoms with E-state index in [1.54, 1.807) is 20.0 Å². The summed E-state index contributed by atoms with van der Waals surface area (Å²) in [5.74, 6) is -0.324. The molecule has 0 radical (unpaired) electrons. The van der Waals surface area contributed by atoms with Crippen LogP contribution in [0.25, 0.3) is 22.4 Å². The molecule has 7 nitrogen and oxygen atoms in total. The molecule has 2 heterocycles. The van der Waals surface area contributed by atoms with E-state index in [-0.39, 0.29) is 22.6 Å². The number of pyridine rings is 1. The Morgan fingerprint density at radius 3 is 2.48 bits per heavy atom. The number of hydrogen-bond donors (Lipinski definition) is 0. The molecule has 0 N–H and O–H groups in total. The van der Waals surface area contributed by atoms with Gasteiger partial charge < -0.3 is 10.1 Å². The van der Waals surface area contributed by atoms with Gasteiger partial charge >= 0.3 is 5.82 Å². The maximum absolute atomic E-state index is 13.2. The van der Waals surface area contributed by atoms with Crippen LogP contribution in [0.5, 0.6) is 0 Å². The van der Waals surface area contributed by atoms with Crippen molar-refractivity contribution in [2.24, 2.45) is 7.05 Å². The Balaban J connectivity index is 2.33. The van der Waals surface area contributed by atoms with Crippen LogP contribution in [-0.2, 0) is 7.05 Å². The first-order chi connectivity index (χ1) is 11.9. The Morgan fingerprint density at radius 1 is 1.16 bits per heavy atom. The Morgan fingerprint density at radius 2 is 1.84 bits per heavy atom. The van der Waals surface area contributed by atoms with Gasteiger partial charge in [0.2, 0.25) is 0 Å². The maximum Gasteiger partial charge on any atom is 0.364 e. The minimum Gasteiger partial charge on any atom is -0.358 e. The van der Waals surface area contributed by atoms with Gasteiger partial charge in [0.1, 0.15) is 17.8 Å². The van der Waals surface area contributed by atoms with Crippen LogP contribution < -0.4 is 5.56 Å². The molecule has 0 fully saturated rings. The molecule has 0 aliphatic heterocycles. The molecule has 25 heavy (non-hydrogen) atoms. The van der Waals surface area contributed by atoms with Crippen molar-refractivity contribution >= 4 is 5.82 Å². The van der Waals surface area contributed by atoms with Gasteiger partial charge in [-0.25, -0.2) is 9.37 Å². The number of benzene rings is 1. The highest BCUT2D eigenvalue weighted by molar-refractivity contribution is 5.80. The predicted molar refractivity (Wildman–Crippen MR) is 89.5 cm³/mol. The van der Waals surface area contributed by atoms with Crippen LogP contribution >= 0.6 is 0 Å². The third-order valence-corrected chi connectivity index (χ3v) is 3.85. The van der Waals surface area contributed by atoms with Crippen molar-refractivity contribution in [1.82, 2.24) is 14.5 Å². The zero-order valence-corrected chi connectivity index (χ0v) is 13.4. The van der Waals surface area contributed by atoms with Crippen LogP contribution in [0, 0.1) is 22.9 Å². The maximum atomic E-state index is 13.2. The fourth-order valence-electron chi connectivity index (χ4n) is 2.46. The van der Waals surface area contributed by atoms with E-state index in [9.17, 15) is 19.3 Å². The van der Waals surface area contributed by atoms with Crippen LogP contribution in [0.2, 0.25) is 0 Å². The fraction of sp³-hybridized carbons (Fsp3) is 0.118. The lowest BCUT2D eigenvalue weighted by Crippen LogP contribution is -2.23. The Labute approximate surface area is 141 Å². The summed E-state index contributed by atoms with van der Waals surface area (Å²) in [7, 11) is 1.58. The van der Waals surface area contributed by atoms with E-state index >= 15 is 0 Å². The first-order valence-electron chi connectivity index (χ1n) is 7.33. The zero-order chi connectivity index (χ0) is 18.1. The smallest absolute Gasteiger partial charge is 0.358 e. The fourth-order valence-corrected chi connectivity index (χ4v) is 2.46. The van der Waals surface area contributed by atoms with Gasteiger partial charge in [-0.2, -0.15) is 0 Å². The molecule has 0 saturated carbocycles. The standard InChI is InChI=1S/C17H13FN4O3/c1-10-20-16(12-7-8-19-14(9-12)22(24)25)15(17(23)21(10)2)11-3-5-13(18)6-4-11/h3-9H,1-2H3. The summed E-state index contributed by atoms with van der Waals surface area (Å²) in [6.45, 7) is 1.66. The second-order valence-electron chi connectivity index (χ2n) is 5.41. The Hall–Kier alpha value is -3.42. The van der Waals surface area contributed by atoms with Gasteiger partial charge in [-0.1, -0.05) is 12.1 Å². The van der Waals surface area contributed by atoms with Crippen molar-refractivity contribution < 1.29 is 9.31 Å². The van der Waals surface area contributed by atoms with Crippen LogP contribution in [0.3, 0.4) is 0 Å². The normalized spacial score (nSPS) is 10.7. The second-order valence-corrected chi connectivity index (χ2v) is 5.41.